The maximum absolute atomic E-state index is 12.7. The van der Waals surface area contributed by atoms with Crippen molar-refractivity contribution >= 4 is 11.9 Å². The summed E-state index contributed by atoms with van der Waals surface area (Å²) in [6.07, 6.45) is 6.48. The quantitative estimate of drug-likeness (QED) is 0.772. The van der Waals surface area contributed by atoms with Gasteiger partial charge in [0.25, 0.3) is 0 Å². The van der Waals surface area contributed by atoms with Crippen LogP contribution >= 0.6 is 0 Å². The van der Waals surface area contributed by atoms with E-state index in [-0.39, 0.29) is 24.8 Å². The Morgan fingerprint density at radius 2 is 2.25 bits per heavy atom. The monoisotopic (exact) mass is 336 g/mol. The molecule has 1 aromatic heterocycles. The summed E-state index contributed by atoms with van der Waals surface area (Å²) in [7, 11) is 1.63. The molecule has 8 heteroatoms. The first-order valence-corrected chi connectivity index (χ1v) is 8.50. The predicted molar refractivity (Wildman–Crippen MR) is 83.8 cm³/mol. The van der Waals surface area contributed by atoms with Crippen molar-refractivity contribution in [3.8, 4) is 0 Å². The highest BCUT2D eigenvalue weighted by Crippen LogP contribution is 2.44. The molecule has 1 unspecified atom stereocenters. The number of carbonyl (C=O) groups excluding carboxylic acids is 2. The third-order valence-corrected chi connectivity index (χ3v) is 4.99. The van der Waals surface area contributed by atoms with Crippen LogP contribution in [0.4, 0.5) is 0 Å². The summed E-state index contributed by atoms with van der Waals surface area (Å²) in [6.45, 7) is 1.46. The number of nitrogens with one attached hydrogen (secondary N) is 1. The average molecular weight is 336 g/mol. The first-order chi connectivity index (χ1) is 11.6. The van der Waals surface area contributed by atoms with E-state index in [4.69, 9.17) is 9.47 Å². The molecular weight excluding hydrogens is 312 g/mol. The van der Waals surface area contributed by atoms with Gasteiger partial charge in [-0.05, 0) is 25.7 Å². The van der Waals surface area contributed by atoms with Gasteiger partial charge in [-0.25, -0.2) is 0 Å². The fourth-order valence-electron chi connectivity index (χ4n) is 3.71. The standard InChI is InChI=1S/C16H24N4O4/c1-23-8-7-20-11-18-19-13(20)10-17-15(22)12-9-14(21)24-16(12)5-3-2-4-6-16/h11-12H,2-10H2,1H3,(H,17,22). The molecule has 1 aliphatic heterocycles. The second-order valence-corrected chi connectivity index (χ2v) is 6.51. The van der Waals surface area contributed by atoms with Gasteiger partial charge in [-0.2, -0.15) is 0 Å². The summed E-state index contributed by atoms with van der Waals surface area (Å²) >= 11 is 0. The molecule has 2 heterocycles. The van der Waals surface area contributed by atoms with Crippen molar-refractivity contribution in [2.45, 2.75) is 57.2 Å². The molecule has 24 heavy (non-hydrogen) atoms. The lowest BCUT2D eigenvalue weighted by atomic mass is 9.75. The van der Waals surface area contributed by atoms with E-state index < -0.39 is 11.5 Å². The number of esters is 1. The summed E-state index contributed by atoms with van der Waals surface area (Å²) < 4.78 is 12.5. The van der Waals surface area contributed by atoms with Crippen molar-refractivity contribution in [2.24, 2.45) is 5.92 Å². The van der Waals surface area contributed by atoms with E-state index in [1.165, 1.54) is 0 Å². The normalized spacial score (nSPS) is 22.5. The van der Waals surface area contributed by atoms with E-state index in [9.17, 15) is 9.59 Å². The zero-order chi connectivity index (χ0) is 17.0. The lowest BCUT2D eigenvalue weighted by Crippen LogP contribution is -2.45. The van der Waals surface area contributed by atoms with E-state index in [0.717, 1.165) is 32.1 Å². The van der Waals surface area contributed by atoms with Crippen LogP contribution in [0.1, 0.15) is 44.3 Å². The van der Waals surface area contributed by atoms with Crippen LogP contribution in [0.2, 0.25) is 0 Å². The molecule has 1 aliphatic carbocycles. The third kappa shape index (κ3) is 3.43. The molecule has 0 aromatic carbocycles. The average Bonchev–Trinajstić information content (AvgIpc) is 3.15. The molecule has 3 rings (SSSR count). The van der Waals surface area contributed by atoms with Crippen LogP contribution in [0, 0.1) is 5.92 Å². The van der Waals surface area contributed by atoms with Crippen LogP contribution < -0.4 is 5.32 Å². The number of rotatable bonds is 6. The Morgan fingerprint density at radius 1 is 1.46 bits per heavy atom. The lowest BCUT2D eigenvalue weighted by Gasteiger charge is -2.35. The number of amides is 1. The molecule has 132 valence electrons. The summed E-state index contributed by atoms with van der Waals surface area (Å²) in [5.41, 5.74) is -0.594. The van der Waals surface area contributed by atoms with E-state index in [2.05, 4.69) is 15.5 Å². The second kappa shape index (κ2) is 7.29. The highest BCUT2D eigenvalue weighted by molar-refractivity contribution is 5.87. The van der Waals surface area contributed by atoms with E-state index in [1.54, 1.807) is 13.4 Å². The van der Waals surface area contributed by atoms with Gasteiger partial charge >= 0.3 is 5.97 Å². The lowest BCUT2D eigenvalue weighted by molar-refractivity contribution is -0.153. The molecule has 1 spiro atoms. The van der Waals surface area contributed by atoms with Crippen molar-refractivity contribution < 1.29 is 19.1 Å². The van der Waals surface area contributed by atoms with Crippen molar-refractivity contribution in [3.63, 3.8) is 0 Å². The van der Waals surface area contributed by atoms with Crippen LogP contribution in [0.15, 0.2) is 6.33 Å². The Hall–Kier alpha value is -1.96. The maximum Gasteiger partial charge on any atom is 0.307 e. The number of methoxy groups -OCH3 is 1. The summed E-state index contributed by atoms with van der Waals surface area (Å²) in [4.78, 5) is 24.5. The minimum Gasteiger partial charge on any atom is -0.458 e. The number of hydrogen-bond donors (Lipinski definition) is 1. The minimum atomic E-state index is -0.594. The first kappa shape index (κ1) is 16.9. The molecule has 1 aromatic rings. The summed E-state index contributed by atoms with van der Waals surface area (Å²) in [5, 5.41) is 10.8. The SMILES string of the molecule is COCCn1cnnc1CNC(=O)C1CC(=O)OC12CCCCC2. The Bertz CT molecular complexity index is 595. The van der Waals surface area contributed by atoms with E-state index in [0.29, 0.717) is 19.0 Å². The molecule has 0 bridgehead atoms. The minimum absolute atomic E-state index is 0.135. The number of carbonyl (C=O) groups is 2. The van der Waals surface area contributed by atoms with Gasteiger partial charge in [0.2, 0.25) is 5.91 Å². The molecule has 0 radical (unpaired) electrons. The third-order valence-electron chi connectivity index (χ3n) is 4.99. The van der Waals surface area contributed by atoms with Gasteiger partial charge in [0.15, 0.2) is 5.82 Å². The smallest absolute Gasteiger partial charge is 0.307 e. The Kier molecular flexibility index (Phi) is 5.13. The Balaban J connectivity index is 1.62. The van der Waals surface area contributed by atoms with Crippen molar-refractivity contribution in [1.82, 2.24) is 20.1 Å². The van der Waals surface area contributed by atoms with Gasteiger partial charge in [-0.1, -0.05) is 6.42 Å². The highest BCUT2D eigenvalue weighted by Gasteiger charge is 2.52. The van der Waals surface area contributed by atoms with Gasteiger partial charge < -0.3 is 19.4 Å². The van der Waals surface area contributed by atoms with Crippen LogP contribution in [0.5, 0.6) is 0 Å². The topological polar surface area (TPSA) is 95.3 Å². The molecule has 2 fully saturated rings. The fraction of sp³-hybridized carbons (Fsp3) is 0.750. The second-order valence-electron chi connectivity index (χ2n) is 6.51. The number of aromatic nitrogens is 3. The van der Waals surface area contributed by atoms with Crippen LogP contribution in [0.3, 0.4) is 0 Å². The van der Waals surface area contributed by atoms with Gasteiger partial charge in [-0.3, -0.25) is 9.59 Å². The Morgan fingerprint density at radius 3 is 3.00 bits per heavy atom. The number of nitrogens with zero attached hydrogens (tertiary/aromatic N) is 3. The van der Waals surface area contributed by atoms with Crippen LogP contribution in [-0.2, 0) is 32.2 Å². The number of hydrogen-bond acceptors (Lipinski definition) is 6. The largest absolute Gasteiger partial charge is 0.458 e. The number of ether oxygens (including phenoxy) is 2. The van der Waals surface area contributed by atoms with Gasteiger partial charge in [0, 0.05) is 13.7 Å². The van der Waals surface area contributed by atoms with Crippen molar-refractivity contribution in [3.05, 3.63) is 12.2 Å². The first-order valence-electron chi connectivity index (χ1n) is 8.50. The molecule has 1 saturated carbocycles. The summed E-state index contributed by atoms with van der Waals surface area (Å²) in [5.74, 6) is -0.131. The summed E-state index contributed by atoms with van der Waals surface area (Å²) in [6, 6.07) is 0. The molecular formula is C16H24N4O4. The van der Waals surface area contributed by atoms with Gasteiger partial charge in [0.05, 0.1) is 25.5 Å². The zero-order valence-electron chi connectivity index (χ0n) is 14.0. The van der Waals surface area contributed by atoms with Gasteiger partial charge in [-0.15, -0.1) is 10.2 Å². The molecule has 1 saturated heterocycles. The predicted octanol–water partition coefficient (Wildman–Crippen LogP) is 0.807. The Labute approximate surface area is 140 Å². The molecule has 2 aliphatic rings. The van der Waals surface area contributed by atoms with Crippen LogP contribution in [-0.4, -0.2) is 46.0 Å². The maximum atomic E-state index is 12.7. The van der Waals surface area contributed by atoms with Crippen LogP contribution in [0.25, 0.3) is 0 Å². The zero-order valence-corrected chi connectivity index (χ0v) is 14.0. The van der Waals surface area contributed by atoms with Crippen molar-refractivity contribution in [1.29, 1.82) is 0 Å². The molecule has 1 atom stereocenters. The van der Waals surface area contributed by atoms with Gasteiger partial charge in [0.1, 0.15) is 11.9 Å². The molecule has 8 nitrogen and oxygen atoms in total. The highest BCUT2D eigenvalue weighted by atomic mass is 16.6. The molecule has 1 N–H and O–H groups in total. The fourth-order valence-corrected chi connectivity index (χ4v) is 3.71. The van der Waals surface area contributed by atoms with E-state index in [1.807, 2.05) is 4.57 Å². The molecule has 1 amide bonds. The van der Waals surface area contributed by atoms with E-state index >= 15 is 0 Å². The van der Waals surface area contributed by atoms with Crippen molar-refractivity contribution in [2.75, 3.05) is 13.7 Å².